The molecule has 0 amide bonds. The van der Waals surface area contributed by atoms with Crippen molar-refractivity contribution in [1.29, 1.82) is 0 Å². The monoisotopic (exact) mass is 238 g/mol. The van der Waals surface area contributed by atoms with E-state index in [1.165, 1.54) is 6.26 Å². The molecule has 0 fully saturated rings. The van der Waals surface area contributed by atoms with Gasteiger partial charge in [0.15, 0.2) is 29.0 Å². The maximum Gasteiger partial charge on any atom is 0.196 e. The van der Waals surface area contributed by atoms with Gasteiger partial charge in [0.1, 0.15) is 5.52 Å². The summed E-state index contributed by atoms with van der Waals surface area (Å²) in [6.45, 7) is 0. The summed E-state index contributed by atoms with van der Waals surface area (Å²) in [5.74, 6) is -3.52. The number of nitrogens with one attached hydrogen (secondary N) is 1. The molecule has 0 bridgehead atoms. The highest BCUT2D eigenvalue weighted by atomic mass is 19.2. The summed E-state index contributed by atoms with van der Waals surface area (Å²) in [7, 11) is 0. The molecule has 86 valence electrons. The zero-order chi connectivity index (χ0) is 12.0. The minimum absolute atomic E-state index is 0.0767. The molecule has 0 saturated heterocycles. The molecule has 3 nitrogen and oxygen atoms in total. The normalized spacial score (nSPS) is 11.2. The minimum atomic E-state index is -1.53. The number of aromatic amines is 1. The highest BCUT2D eigenvalue weighted by Crippen LogP contribution is 2.25. The second-order valence-electron chi connectivity index (χ2n) is 3.45. The summed E-state index contributed by atoms with van der Waals surface area (Å²) >= 11 is 0. The van der Waals surface area contributed by atoms with Gasteiger partial charge in [-0.15, -0.1) is 0 Å². The number of nitrogens with zero attached hydrogens (tertiary/aromatic N) is 1. The van der Waals surface area contributed by atoms with Gasteiger partial charge in [-0.05, 0) is 12.1 Å². The highest BCUT2D eigenvalue weighted by molar-refractivity contribution is 5.79. The topological polar surface area (TPSA) is 41.8 Å². The van der Waals surface area contributed by atoms with Crippen LogP contribution < -0.4 is 0 Å². The number of furan rings is 1. The Labute approximate surface area is 92.9 Å². The van der Waals surface area contributed by atoms with Crippen LogP contribution in [0.4, 0.5) is 13.2 Å². The van der Waals surface area contributed by atoms with Crippen molar-refractivity contribution in [3.63, 3.8) is 0 Å². The molecule has 6 heteroatoms. The molecule has 3 aromatic rings. The van der Waals surface area contributed by atoms with E-state index in [-0.39, 0.29) is 16.9 Å². The van der Waals surface area contributed by atoms with Crippen LogP contribution in [0.3, 0.4) is 0 Å². The standard InChI is InChI=1S/C11H5F3N2O/c12-5-4-6-10(9(14)8(5)13)16-11(15-6)7-2-1-3-17-7/h1-4H,(H,15,16). The van der Waals surface area contributed by atoms with Gasteiger partial charge in [-0.2, -0.15) is 0 Å². The van der Waals surface area contributed by atoms with E-state index in [2.05, 4.69) is 9.97 Å². The molecule has 0 unspecified atom stereocenters. The van der Waals surface area contributed by atoms with Crippen LogP contribution in [0.5, 0.6) is 0 Å². The number of hydrogen-bond donors (Lipinski definition) is 1. The van der Waals surface area contributed by atoms with Crippen molar-refractivity contribution in [2.24, 2.45) is 0 Å². The molecule has 0 atom stereocenters. The lowest BCUT2D eigenvalue weighted by atomic mass is 10.3. The molecule has 0 radical (unpaired) electrons. The Morgan fingerprint density at radius 1 is 1.18 bits per heavy atom. The number of aromatic nitrogens is 2. The highest BCUT2D eigenvalue weighted by Gasteiger charge is 2.18. The fraction of sp³-hybridized carbons (Fsp3) is 0. The van der Waals surface area contributed by atoms with Crippen LogP contribution >= 0.6 is 0 Å². The van der Waals surface area contributed by atoms with E-state index in [0.717, 1.165) is 6.07 Å². The summed E-state index contributed by atoms with van der Waals surface area (Å²) in [6.07, 6.45) is 1.42. The fourth-order valence-corrected chi connectivity index (χ4v) is 1.59. The first kappa shape index (κ1) is 9.95. The number of rotatable bonds is 1. The summed E-state index contributed by atoms with van der Waals surface area (Å²) in [5.41, 5.74) is -0.178. The molecule has 0 aliphatic rings. The number of imidazole rings is 1. The molecule has 0 spiro atoms. The number of fused-ring (bicyclic) bond motifs is 1. The lowest BCUT2D eigenvalue weighted by Gasteiger charge is -1.94. The smallest absolute Gasteiger partial charge is 0.196 e. The lowest BCUT2D eigenvalue weighted by Crippen LogP contribution is -1.91. The zero-order valence-electron chi connectivity index (χ0n) is 8.30. The summed E-state index contributed by atoms with van der Waals surface area (Å²) in [6, 6.07) is 4.08. The molecule has 2 heterocycles. The predicted molar refractivity (Wildman–Crippen MR) is 53.7 cm³/mol. The SMILES string of the molecule is Fc1cc2[nH]c(-c3ccco3)nc2c(F)c1F. The van der Waals surface area contributed by atoms with Crippen molar-refractivity contribution >= 4 is 11.0 Å². The first-order valence-electron chi connectivity index (χ1n) is 4.74. The molecule has 2 aromatic heterocycles. The Morgan fingerprint density at radius 2 is 2.00 bits per heavy atom. The summed E-state index contributed by atoms with van der Waals surface area (Å²) < 4.78 is 44.4. The van der Waals surface area contributed by atoms with Crippen LogP contribution in [0.1, 0.15) is 0 Å². The van der Waals surface area contributed by atoms with Gasteiger partial charge < -0.3 is 9.40 Å². The Balaban J connectivity index is 2.30. The molecule has 17 heavy (non-hydrogen) atoms. The van der Waals surface area contributed by atoms with Crippen molar-refractivity contribution in [2.45, 2.75) is 0 Å². The molecule has 3 rings (SSSR count). The average Bonchev–Trinajstić information content (AvgIpc) is 2.93. The van der Waals surface area contributed by atoms with Crippen molar-refractivity contribution in [2.75, 3.05) is 0 Å². The van der Waals surface area contributed by atoms with E-state index in [4.69, 9.17) is 4.42 Å². The third-order valence-electron chi connectivity index (χ3n) is 2.37. The Morgan fingerprint density at radius 3 is 2.71 bits per heavy atom. The third kappa shape index (κ3) is 1.41. The van der Waals surface area contributed by atoms with E-state index >= 15 is 0 Å². The second kappa shape index (κ2) is 3.38. The van der Waals surface area contributed by atoms with E-state index in [1.807, 2.05) is 0 Å². The van der Waals surface area contributed by atoms with Gasteiger partial charge in [0, 0.05) is 6.07 Å². The largest absolute Gasteiger partial charge is 0.461 e. The molecule has 0 saturated carbocycles. The molecule has 1 N–H and O–H groups in total. The summed E-state index contributed by atoms with van der Waals surface area (Å²) in [4.78, 5) is 6.48. The summed E-state index contributed by atoms with van der Waals surface area (Å²) in [5, 5.41) is 0. The Hall–Kier alpha value is -2.24. The van der Waals surface area contributed by atoms with Crippen LogP contribution in [-0.2, 0) is 0 Å². The van der Waals surface area contributed by atoms with Gasteiger partial charge in [0.25, 0.3) is 0 Å². The first-order chi connectivity index (χ1) is 8.16. The number of hydrogen-bond acceptors (Lipinski definition) is 2. The van der Waals surface area contributed by atoms with Crippen molar-refractivity contribution in [3.8, 4) is 11.6 Å². The number of halogens is 3. The van der Waals surface area contributed by atoms with Crippen LogP contribution in [-0.4, -0.2) is 9.97 Å². The number of H-pyrrole nitrogens is 1. The maximum atomic E-state index is 13.4. The Kier molecular flexibility index (Phi) is 1.98. The lowest BCUT2D eigenvalue weighted by molar-refractivity contribution is 0.452. The number of benzene rings is 1. The van der Waals surface area contributed by atoms with Crippen LogP contribution in [0.2, 0.25) is 0 Å². The molecular weight excluding hydrogens is 233 g/mol. The van der Waals surface area contributed by atoms with Crippen LogP contribution in [0, 0.1) is 17.5 Å². The van der Waals surface area contributed by atoms with Crippen LogP contribution in [0.15, 0.2) is 28.9 Å². The van der Waals surface area contributed by atoms with E-state index in [0.29, 0.717) is 5.76 Å². The van der Waals surface area contributed by atoms with Gasteiger partial charge in [-0.25, -0.2) is 18.2 Å². The van der Waals surface area contributed by atoms with Crippen LogP contribution in [0.25, 0.3) is 22.6 Å². The van der Waals surface area contributed by atoms with Crippen molar-refractivity contribution in [3.05, 3.63) is 41.9 Å². The quantitative estimate of drug-likeness (QED) is 0.661. The first-order valence-corrected chi connectivity index (χ1v) is 4.74. The minimum Gasteiger partial charge on any atom is -0.461 e. The molecule has 0 aliphatic heterocycles. The van der Waals surface area contributed by atoms with E-state index < -0.39 is 17.5 Å². The Bertz CT molecular complexity index is 688. The fourth-order valence-electron chi connectivity index (χ4n) is 1.59. The van der Waals surface area contributed by atoms with Crippen molar-refractivity contribution < 1.29 is 17.6 Å². The second-order valence-corrected chi connectivity index (χ2v) is 3.45. The zero-order valence-corrected chi connectivity index (χ0v) is 8.30. The maximum absolute atomic E-state index is 13.4. The van der Waals surface area contributed by atoms with Gasteiger partial charge in [-0.3, -0.25) is 0 Å². The van der Waals surface area contributed by atoms with Gasteiger partial charge in [0.05, 0.1) is 11.8 Å². The molecular formula is C11H5F3N2O. The van der Waals surface area contributed by atoms with E-state index in [9.17, 15) is 13.2 Å². The predicted octanol–water partition coefficient (Wildman–Crippen LogP) is 3.24. The third-order valence-corrected chi connectivity index (χ3v) is 2.37. The molecule has 1 aromatic carbocycles. The van der Waals surface area contributed by atoms with Gasteiger partial charge in [-0.1, -0.05) is 0 Å². The van der Waals surface area contributed by atoms with Crippen molar-refractivity contribution in [1.82, 2.24) is 9.97 Å². The molecule has 0 aliphatic carbocycles. The van der Waals surface area contributed by atoms with E-state index in [1.54, 1.807) is 12.1 Å². The van der Waals surface area contributed by atoms with Gasteiger partial charge in [0.2, 0.25) is 0 Å². The van der Waals surface area contributed by atoms with Gasteiger partial charge >= 0.3 is 0 Å². The average molecular weight is 238 g/mol.